The lowest BCUT2D eigenvalue weighted by molar-refractivity contribution is -0.0435. The van der Waals surface area contributed by atoms with Gasteiger partial charge in [-0.05, 0) is 30.3 Å². The normalized spacial score (nSPS) is 12.8. The Morgan fingerprint density at radius 2 is 1.50 bits per heavy atom. The van der Waals surface area contributed by atoms with Crippen LogP contribution >= 0.6 is 0 Å². The van der Waals surface area contributed by atoms with Crippen molar-refractivity contribution in [1.82, 2.24) is 0 Å². The number of halogens is 3. The number of primary sulfonamides is 1. The summed E-state index contributed by atoms with van der Waals surface area (Å²) in [6, 6.07) is 10.0. The number of hydrogen-bond acceptors (Lipinski definition) is 5. The second-order valence-corrected chi connectivity index (χ2v) is 8.11. The van der Waals surface area contributed by atoms with Crippen molar-refractivity contribution in [3.05, 3.63) is 48.5 Å². The molecule has 0 fully saturated rings. The summed E-state index contributed by atoms with van der Waals surface area (Å²) in [4.78, 5) is -1.98. The number of nitrogens with one attached hydrogen (secondary N) is 1. The van der Waals surface area contributed by atoms with Crippen molar-refractivity contribution in [3.8, 4) is 0 Å². The third-order valence-electron chi connectivity index (χ3n) is 2.93. The molecule has 0 bridgehead atoms. The standard InChI is InChI=1S/C13H11F3N2O4S2/c14-13(15,16)23(19,20)12-8-10(24(17,21)22)6-7-11(12)18-9-4-2-1-3-5-9/h1-8,18H,(H2,17,21,22). The van der Waals surface area contributed by atoms with Crippen LogP contribution in [0.2, 0.25) is 0 Å². The van der Waals surface area contributed by atoms with Gasteiger partial charge in [-0.25, -0.2) is 22.0 Å². The monoisotopic (exact) mass is 380 g/mol. The van der Waals surface area contributed by atoms with Crippen LogP contribution in [-0.2, 0) is 19.9 Å². The third kappa shape index (κ3) is 3.68. The summed E-state index contributed by atoms with van der Waals surface area (Å²) < 4.78 is 84.7. The molecule has 0 unspecified atom stereocenters. The first-order valence-corrected chi connectivity index (χ1v) is 9.26. The van der Waals surface area contributed by atoms with Crippen molar-refractivity contribution in [2.24, 2.45) is 5.14 Å². The molecule has 0 radical (unpaired) electrons. The highest BCUT2D eigenvalue weighted by molar-refractivity contribution is 7.92. The van der Waals surface area contributed by atoms with E-state index in [-0.39, 0.29) is 0 Å². The number of sulfonamides is 1. The lowest BCUT2D eigenvalue weighted by Crippen LogP contribution is -2.24. The Bertz CT molecular complexity index is 956. The Labute approximate surface area is 136 Å². The van der Waals surface area contributed by atoms with Crippen LogP contribution < -0.4 is 10.5 Å². The van der Waals surface area contributed by atoms with Gasteiger partial charge in [0.25, 0.3) is 9.84 Å². The van der Waals surface area contributed by atoms with Crippen molar-refractivity contribution < 1.29 is 30.0 Å². The molecule has 0 saturated carbocycles. The van der Waals surface area contributed by atoms with E-state index < -0.39 is 40.8 Å². The van der Waals surface area contributed by atoms with E-state index in [4.69, 9.17) is 5.14 Å². The summed E-state index contributed by atoms with van der Waals surface area (Å²) in [5, 5.41) is 7.37. The first-order chi connectivity index (χ1) is 10.9. The molecule has 0 atom stereocenters. The second kappa shape index (κ2) is 6.07. The molecule has 0 aromatic heterocycles. The van der Waals surface area contributed by atoms with Gasteiger partial charge in [0, 0.05) is 5.69 Å². The summed E-state index contributed by atoms with van der Waals surface area (Å²) in [7, 11) is -10.2. The predicted molar refractivity (Wildman–Crippen MR) is 80.8 cm³/mol. The fourth-order valence-corrected chi connectivity index (χ4v) is 3.36. The quantitative estimate of drug-likeness (QED) is 0.847. The zero-order chi connectivity index (χ0) is 18.2. The fraction of sp³-hybridized carbons (Fsp3) is 0.0769. The molecule has 2 aromatic carbocycles. The molecule has 0 amide bonds. The molecule has 0 aliphatic heterocycles. The van der Waals surface area contributed by atoms with Crippen LogP contribution in [-0.4, -0.2) is 22.3 Å². The van der Waals surface area contributed by atoms with Crippen LogP contribution in [0, 0.1) is 0 Å². The highest BCUT2D eigenvalue weighted by Gasteiger charge is 2.48. The number of nitrogens with two attached hydrogens (primary N) is 1. The van der Waals surface area contributed by atoms with Gasteiger partial charge in [0.15, 0.2) is 0 Å². The van der Waals surface area contributed by atoms with Crippen molar-refractivity contribution in [2.45, 2.75) is 15.3 Å². The molecule has 2 rings (SSSR count). The molecule has 0 aliphatic carbocycles. The Kier molecular flexibility index (Phi) is 4.61. The van der Waals surface area contributed by atoms with Crippen molar-refractivity contribution in [1.29, 1.82) is 0 Å². The van der Waals surface area contributed by atoms with E-state index in [1.807, 2.05) is 0 Å². The van der Waals surface area contributed by atoms with Crippen molar-refractivity contribution in [2.75, 3.05) is 5.32 Å². The first-order valence-electron chi connectivity index (χ1n) is 6.23. The number of sulfone groups is 1. The van der Waals surface area contributed by atoms with Gasteiger partial charge in [-0.2, -0.15) is 13.2 Å². The zero-order valence-electron chi connectivity index (χ0n) is 11.8. The van der Waals surface area contributed by atoms with E-state index in [0.717, 1.165) is 12.1 Å². The molecular formula is C13H11F3N2O4S2. The van der Waals surface area contributed by atoms with Gasteiger partial charge in [0.1, 0.15) is 4.90 Å². The molecule has 0 aliphatic rings. The van der Waals surface area contributed by atoms with Gasteiger partial charge in [-0.15, -0.1) is 0 Å². The minimum absolute atomic E-state index is 0.319. The van der Waals surface area contributed by atoms with Crippen molar-refractivity contribution in [3.63, 3.8) is 0 Å². The maximum absolute atomic E-state index is 12.9. The van der Waals surface area contributed by atoms with Gasteiger partial charge in [0.2, 0.25) is 10.0 Å². The fourth-order valence-electron chi connectivity index (χ4n) is 1.81. The first kappa shape index (κ1) is 18.2. The summed E-state index contributed by atoms with van der Waals surface area (Å²) in [6.07, 6.45) is 0. The average molecular weight is 380 g/mol. The lowest BCUT2D eigenvalue weighted by Gasteiger charge is -2.15. The SMILES string of the molecule is NS(=O)(=O)c1ccc(Nc2ccccc2)c(S(=O)(=O)C(F)(F)F)c1. The molecule has 0 saturated heterocycles. The summed E-state index contributed by atoms with van der Waals surface area (Å²) >= 11 is 0. The average Bonchev–Trinajstić information content (AvgIpc) is 2.46. The molecule has 0 spiro atoms. The van der Waals surface area contributed by atoms with E-state index in [2.05, 4.69) is 5.32 Å². The summed E-state index contributed by atoms with van der Waals surface area (Å²) in [5.74, 6) is 0. The van der Waals surface area contributed by atoms with Gasteiger partial charge < -0.3 is 5.32 Å². The summed E-state index contributed by atoms with van der Waals surface area (Å²) in [5.41, 5.74) is -5.71. The molecule has 24 heavy (non-hydrogen) atoms. The molecule has 0 heterocycles. The van der Waals surface area contributed by atoms with E-state index in [9.17, 15) is 30.0 Å². The smallest absolute Gasteiger partial charge is 0.354 e. The van der Waals surface area contributed by atoms with E-state index >= 15 is 0 Å². The minimum Gasteiger partial charge on any atom is -0.354 e. The van der Waals surface area contributed by atoms with Crippen LogP contribution in [0.1, 0.15) is 0 Å². The van der Waals surface area contributed by atoms with Gasteiger partial charge in [-0.3, -0.25) is 0 Å². The largest absolute Gasteiger partial charge is 0.501 e. The van der Waals surface area contributed by atoms with Gasteiger partial charge >= 0.3 is 5.51 Å². The number of hydrogen-bond donors (Lipinski definition) is 2. The lowest BCUT2D eigenvalue weighted by atomic mass is 10.2. The Balaban J connectivity index is 2.68. The van der Waals surface area contributed by atoms with Crippen LogP contribution in [0.5, 0.6) is 0 Å². The van der Waals surface area contributed by atoms with E-state index in [0.29, 0.717) is 11.8 Å². The third-order valence-corrected chi connectivity index (χ3v) is 5.37. The topological polar surface area (TPSA) is 106 Å². The van der Waals surface area contributed by atoms with Crippen LogP contribution in [0.4, 0.5) is 24.5 Å². The second-order valence-electron chi connectivity index (χ2n) is 4.64. The highest BCUT2D eigenvalue weighted by Crippen LogP contribution is 2.36. The Morgan fingerprint density at radius 3 is 2.00 bits per heavy atom. The molecular weight excluding hydrogens is 369 g/mol. The van der Waals surface area contributed by atoms with E-state index in [1.165, 1.54) is 12.1 Å². The number of alkyl halides is 3. The number of benzene rings is 2. The van der Waals surface area contributed by atoms with Crippen LogP contribution in [0.15, 0.2) is 58.3 Å². The minimum atomic E-state index is -5.79. The highest BCUT2D eigenvalue weighted by atomic mass is 32.2. The molecule has 6 nitrogen and oxygen atoms in total. The molecule has 2 aromatic rings. The van der Waals surface area contributed by atoms with Gasteiger partial charge in [0.05, 0.1) is 10.6 Å². The number of para-hydroxylation sites is 1. The molecule has 130 valence electrons. The van der Waals surface area contributed by atoms with Crippen LogP contribution in [0.3, 0.4) is 0 Å². The molecule has 3 N–H and O–H groups in total. The van der Waals surface area contributed by atoms with E-state index in [1.54, 1.807) is 18.2 Å². The van der Waals surface area contributed by atoms with Crippen molar-refractivity contribution >= 4 is 31.2 Å². The zero-order valence-corrected chi connectivity index (χ0v) is 13.4. The van der Waals surface area contributed by atoms with Gasteiger partial charge in [-0.1, -0.05) is 18.2 Å². The summed E-state index contributed by atoms with van der Waals surface area (Å²) in [6.45, 7) is 0. The predicted octanol–water partition coefficient (Wildman–Crippen LogP) is 2.37. The molecule has 11 heteroatoms. The Hall–Kier alpha value is -2.11. The maximum Gasteiger partial charge on any atom is 0.501 e. The number of anilines is 2. The van der Waals surface area contributed by atoms with Crippen LogP contribution in [0.25, 0.3) is 0 Å². The Morgan fingerprint density at radius 1 is 0.917 bits per heavy atom. The maximum atomic E-state index is 12.9. The number of rotatable bonds is 4.